The molecule has 0 saturated carbocycles. The molecule has 7 heteroatoms. The first-order valence-corrected chi connectivity index (χ1v) is 8.35. The summed E-state index contributed by atoms with van der Waals surface area (Å²) in [5.74, 6) is 0.881. The number of nitrogens with zero attached hydrogens (tertiary/aromatic N) is 2. The zero-order chi connectivity index (χ0) is 15.4. The van der Waals surface area contributed by atoms with Crippen LogP contribution < -0.4 is 10.6 Å². The summed E-state index contributed by atoms with van der Waals surface area (Å²) >= 11 is 1.86. The van der Waals surface area contributed by atoms with Gasteiger partial charge in [-0.2, -0.15) is 11.8 Å². The average Bonchev–Trinajstić information content (AvgIpc) is 2.44. The average molecular weight is 432 g/mol. The van der Waals surface area contributed by atoms with Gasteiger partial charge in [0.05, 0.1) is 6.61 Å². The molecule has 0 radical (unpaired) electrons. The maximum atomic E-state index is 5.06. The van der Waals surface area contributed by atoms with E-state index in [-0.39, 0.29) is 28.7 Å². The second-order valence-electron chi connectivity index (χ2n) is 5.47. The SMILES string of the molecule is CN=C(NCCCN(C)CCOC)NCC(C)(C)SC.I. The molecule has 0 fully saturated rings. The molecule has 0 aliphatic rings. The molecule has 21 heavy (non-hydrogen) atoms. The van der Waals surface area contributed by atoms with E-state index in [1.165, 1.54) is 0 Å². The van der Waals surface area contributed by atoms with Gasteiger partial charge in [0, 0.05) is 38.5 Å². The lowest BCUT2D eigenvalue weighted by molar-refractivity contribution is 0.161. The molecule has 0 aromatic rings. The Labute approximate surface area is 152 Å². The Hall–Kier alpha value is 0.270. The molecule has 0 bridgehead atoms. The topological polar surface area (TPSA) is 48.9 Å². The van der Waals surface area contributed by atoms with E-state index < -0.39 is 0 Å². The molecule has 5 nitrogen and oxygen atoms in total. The van der Waals surface area contributed by atoms with E-state index in [2.05, 4.69) is 47.7 Å². The number of likely N-dealkylation sites (N-methyl/N-ethyl adjacent to an activating group) is 1. The fourth-order valence-corrected chi connectivity index (χ4v) is 1.72. The zero-order valence-electron chi connectivity index (χ0n) is 14.4. The molecule has 0 rings (SSSR count). The number of hydrogen-bond acceptors (Lipinski definition) is 4. The summed E-state index contributed by atoms with van der Waals surface area (Å²) in [4.78, 5) is 6.52. The Morgan fingerprint density at radius 2 is 1.95 bits per heavy atom. The van der Waals surface area contributed by atoms with E-state index in [1.54, 1.807) is 7.11 Å². The molecule has 0 unspecified atom stereocenters. The highest BCUT2D eigenvalue weighted by atomic mass is 127. The number of aliphatic imine (C=N–C) groups is 1. The Kier molecular flexibility index (Phi) is 15.6. The van der Waals surface area contributed by atoms with Crippen molar-refractivity contribution in [2.75, 3.05) is 60.2 Å². The highest BCUT2D eigenvalue weighted by Crippen LogP contribution is 2.19. The van der Waals surface area contributed by atoms with Gasteiger partial charge in [0.25, 0.3) is 0 Å². The van der Waals surface area contributed by atoms with Crippen LogP contribution in [0.15, 0.2) is 4.99 Å². The van der Waals surface area contributed by atoms with Crippen LogP contribution >= 0.6 is 35.7 Å². The van der Waals surface area contributed by atoms with Crippen LogP contribution in [0.4, 0.5) is 0 Å². The predicted molar refractivity (Wildman–Crippen MR) is 106 cm³/mol. The lowest BCUT2D eigenvalue weighted by Gasteiger charge is -2.24. The van der Waals surface area contributed by atoms with Crippen molar-refractivity contribution in [2.24, 2.45) is 4.99 Å². The molecule has 2 N–H and O–H groups in total. The smallest absolute Gasteiger partial charge is 0.191 e. The van der Waals surface area contributed by atoms with E-state index in [4.69, 9.17) is 4.74 Å². The monoisotopic (exact) mass is 432 g/mol. The van der Waals surface area contributed by atoms with E-state index >= 15 is 0 Å². The molecule has 0 heterocycles. The molecular weight excluding hydrogens is 399 g/mol. The molecule has 0 aliphatic carbocycles. The molecular formula is C14H33IN4OS. The van der Waals surface area contributed by atoms with Crippen LogP contribution in [0.3, 0.4) is 0 Å². The van der Waals surface area contributed by atoms with Crippen LogP contribution in [0.5, 0.6) is 0 Å². The molecule has 0 aromatic carbocycles. The van der Waals surface area contributed by atoms with Gasteiger partial charge >= 0.3 is 0 Å². The van der Waals surface area contributed by atoms with Crippen molar-refractivity contribution in [2.45, 2.75) is 25.0 Å². The maximum absolute atomic E-state index is 5.06. The summed E-state index contributed by atoms with van der Waals surface area (Å²) in [6.45, 7) is 9.11. The first-order chi connectivity index (χ1) is 9.45. The molecule has 0 amide bonds. The molecule has 0 aromatic heterocycles. The second-order valence-corrected chi connectivity index (χ2v) is 6.98. The Balaban J connectivity index is 0. The number of nitrogens with one attached hydrogen (secondary N) is 2. The van der Waals surface area contributed by atoms with Gasteiger partial charge in [0.1, 0.15) is 0 Å². The molecule has 128 valence electrons. The normalized spacial score (nSPS) is 12.2. The summed E-state index contributed by atoms with van der Waals surface area (Å²) in [7, 11) is 5.67. The van der Waals surface area contributed by atoms with Crippen LogP contribution in [0.1, 0.15) is 20.3 Å². The standard InChI is InChI=1S/C14H32N4OS.HI/c1-14(2,20-6)12-17-13(15-3)16-8-7-9-18(4)10-11-19-5;/h7-12H2,1-6H3,(H2,15,16,17);1H. The molecule has 0 atom stereocenters. The second kappa shape index (κ2) is 13.9. The highest BCUT2D eigenvalue weighted by Gasteiger charge is 2.15. The number of ether oxygens (including phenoxy) is 1. The third-order valence-corrected chi connectivity index (χ3v) is 4.39. The highest BCUT2D eigenvalue weighted by molar-refractivity contribution is 14.0. The van der Waals surface area contributed by atoms with Crippen LogP contribution in [0.2, 0.25) is 0 Å². The van der Waals surface area contributed by atoms with Gasteiger partial charge in [-0.25, -0.2) is 0 Å². The Morgan fingerprint density at radius 1 is 1.29 bits per heavy atom. The minimum absolute atomic E-state index is 0. The lowest BCUT2D eigenvalue weighted by atomic mass is 10.2. The number of guanidine groups is 1. The zero-order valence-corrected chi connectivity index (χ0v) is 17.5. The molecule has 0 spiro atoms. The van der Waals surface area contributed by atoms with Crippen LogP contribution in [-0.2, 0) is 4.74 Å². The van der Waals surface area contributed by atoms with Crippen molar-refractivity contribution in [1.82, 2.24) is 15.5 Å². The van der Waals surface area contributed by atoms with Gasteiger partial charge in [-0.1, -0.05) is 0 Å². The minimum atomic E-state index is 0. The summed E-state index contributed by atoms with van der Waals surface area (Å²) in [5, 5.41) is 6.72. The van der Waals surface area contributed by atoms with Crippen molar-refractivity contribution < 1.29 is 4.74 Å². The van der Waals surface area contributed by atoms with E-state index in [0.29, 0.717) is 0 Å². The van der Waals surface area contributed by atoms with Gasteiger partial charge in [-0.3, -0.25) is 4.99 Å². The van der Waals surface area contributed by atoms with Crippen LogP contribution in [0, 0.1) is 0 Å². The van der Waals surface area contributed by atoms with Gasteiger partial charge in [0.15, 0.2) is 5.96 Å². The van der Waals surface area contributed by atoms with Crippen LogP contribution in [-0.4, -0.2) is 75.9 Å². The number of rotatable bonds is 10. The number of halogens is 1. The van der Waals surface area contributed by atoms with E-state index in [1.807, 2.05) is 18.8 Å². The Bertz CT molecular complexity index is 278. The van der Waals surface area contributed by atoms with Crippen molar-refractivity contribution in [3.05, 3.63) is 0 Å². The Morgan fingerprint density at radius 3 is 2.48 bits per heavy atom. The third-order valence-electron chi connectivity index (χ3n) is 3.14. The fourth-order valence-electron chi connectivity index (χ4n) is 1.50. The summed E-state index contributed by atoms with van der Waals surface area (Å²) in [6.07, 6.45) is 3.22. The van der Waals surface area contributed by atoms with Crippen LogP contribution in [0.25, 0.3) is 0 Å². The molecule has 0 aliphatic heterocycles. The lowest BCUT2D eigenvalue weighted by Crippen LogP contribution is -2.43. The maximum Gasteiger partial charge on any atom is 0.191 e. The first kappa shape index (κ1) is 23.5. The summed E-state index contributed by atoms with van der Waals surface area (Å²) < 4.78 is 5.28. The van der Waals surface area contributed by atoms with E-state index in [9.17, 15) is 0 Å². The summed E-state index contributed by atoms with van der Waals surface area (Å²) in [6, 6.07) is 0. The third kappa shape index (κ3) is 13.6. The largest absolute Gasteiger partial charge is 0.383 e. The number of methoxy groups -OCH3 is 1. The quantitative estimate of drug-likeness (QED) is 0.239. The van der Waals surface area contributed by atoms with Crippen molar-refractivity contribution in [3.8, 4) is 0 Å². The molecule has 0 saturated heterocycles. The fraction of sp³-hybridized carbons (Fsp3) is 0.929. The van der Waals surface area contributed by atoms with Crippen molar-refractivity contribution in [3.63, 3.8) is 0 Å². The minimum Gasteiger partial charge on any atom is -0.383 e. The van der Waals surface area contributed by atoms with Gasteiger partial charge in [0.2, 0.25) is 0 Å². The van der Waals surface area contributed by atoms with E-state index in [0.717, 1.165) is 45.2 Å². The van der Waals surface area contributed by atoms with Gasteiger partial charge in [-0.05, 0) is 40.1 Å². The number of hydrogen-bond donors (Lipinski definition) is 2. The van der Waals surface area contributed by atoms with Gasteiger partial charge < -0.3 is 20.3 Å². The van der Waals surface area contributed by atoms with Crippen molar-refractivity contribution in [1.29, 1.82) is 0 Å². The summed E-state index contributed by atoms with van der Waals surface area (Å²) in [5.41, 5.74) is 0. The number of thioether (sulfide) groups is 1. The predicted octanol–water partition coefficient (Wildman–Crippen LogP) is 1.88. The first-order valence-electron chi connectivity index (χ1n) is 7.12. The van der Waals surface area contributed by atoms with Gasteiger partial charge in [-0.15, -0.1) is 24.0 Å². The van der Waals surface area contributed by atoms with Crippen molar-refractivity contribution >= 4 is 41.7 Å².